The molecule has 13 heavy (non-hydrogen) atoms. The first kappa shape index (κ1) is 10.5. The monoisotopic (exact) mass is 200 g/mol. The molecule has 0 amide bonds. The molecule has 0 aliphatic carbocycles. The van der Waals surface area contributed by atoms with Gasteiger partial charge in [0, 0.05) is 7.05 Å². The predicted octanol–water partition coefficient (Wildman–Crippen LogP) is 0.643. The van der Waals surface area contributed by atoms with Crippen LogP contribution in [0.5, 0.6) is 0 Å². The van der Waals surface area contributed by atoms with Crippen molar-refractivity contribution >= 4 is 11.8 Å². The first-order valence-corrected chi connectivity index (χ1v) is 5.50. The van der Waals surface area contributed by atoms with E-state index in [-0.39, 0.29) is 0 Å². The van der Waals surface area contributed by atoms with E-state index in [2.05, 4.69) is 17.1 Å². The average molecular weight is 200 g/mol. The van der Waals surface area contributed by atoms with Crippen LogP contribution in [0.1, 0.15) is 12.7 Å². The van der Waals surface area contributed by atoms with Crippen LogP contribution in [0.2, 0.25) is 0 Å². The molecule has 0 spiro atoms. The van der Waals surface area contributed by atoms with Gasteiger partial charge in [0.15, 0.2) is 0 Å². The molecule has 5 heteroatoms. The summed E-state index contributed by atoms with van der Waals surface area (Å²) in [5, 5.41) is 7.81. The van der Waals surface area contributed by atoms with Crippen molar-refractivity contribution in [1.82, 2.24) is 14.8 Å². The van der Waals surface area contributed by atoms with Gasteiger partial charge in [0.05, 0.1) is 5.75 Å². The predicted molar refractivity (Wildman–Crippen MR) is 55.4 cm³/mol. The summed E-state index contributed by atoms with van der Waals surface area (Å²) in [4.78, 5) is 0. The van der Waals surface area contributed by atoms with Crippen LogP contribution in [0, 0.1) is 5.92 Å². The highest BCUT2D eigenvalue weighted by atomic mass is 32.2. The van der Waals surface area contributed by atoms with E-state index in [4.69, 9.17) is 5.73 Å². The summed E-state index contributed by atoms with van der Waals surface area (Å²) in [5.74, 6) is 3.61. The zero-order valence-corrected chi connectivity index (χ0v) is 8.92. The van der Waals surface area contributed by atoms with Crippen molar-refractivity contribution in [3.8, 4) is 0 Å². The van der Waals surface area contributed by atoms with Gasteiger partial charge < -0.3 is 10.3 Å². The quantitative estimate of drug-likeness (QED) is 0.758. The number of aromatic nitrogens is 3. The topological polar surface area (TPSA) is 56.7 Å². The van der Waals surface area contributed by atoms with Crippen molar-refractivity contribution in [2.75, 3.05) is 12.3 Å². The Balaban J connectivity index is 2.24. The average Bonchev–Trinajstić information content (AvgIpc) is 2.52. The van der Waals surface area contributed by atoms with E-state index in [0.717, 1.165) is 23.9 Å². The molecule has 0 saturated heterocycles. The molecule has 1 heterocycles. The van der Waals surface area contributed by atoms with E-state index in [1.165, 1.54) is 0 Å². The van der Waals surface area contributed by atoms with E-state index >= 15 is 0 Å². The van der Waals surface area contributed by atoms with Crippen LogP contribution in [0.25, 0.3) is 0 Å². The Morgan fingerprint density at radius 3 is 3.00 bits per heavy atom. The fourth-order valence-electron chi connectivity index (χ4n) is 0.857. The van der Waals surface area contributed by atoms with Crippen LogP contribution in [-0.2, 0) is 12.8 Å². The zero-order chi connectivity index (χ0) is 9.68. The third-order valence-electron chi connectivity index (χ3n) is 1.84. The molecule has 0 aliphatic rings. The Labute approximate surface area is 82.9 Å². The van der Waals surface area contributed by atoms with Gasteiger partial charge in [-0.05, 0) is 18.2 Å². The minimum Gasteiger partial charge on any atom is -0.330 e. The molecular weight excluding hydrogens is 184 g/mol. The fraction of sp³-hybridized carbons (Fsp3) is 0.750. The summed E-state index contributed by atoms with van der Waals surface area (Å²) < 4.78 is 1.94. The molecule has 1 rings (SSSR count). The van der Waals surface area contributed by atoms with Gasteiger partial charge in [0.2, 0.25) is 0 Å². The Kier molecular flexibility index (Phi) is 4.24. The molecule has 74 valence electrons. The van der Waals surface area contributed by atoms with Gasteiger partial charge in [-0.25, -0.2) is 0 Å². The number of rotatable bonds is 5. The Bertz CT molecular complexity index is 248. The minimum absolute atomic E-state index is 0.582. The highest BCUT2D eigenvalue weighted by molar-refractivity contribution is 7.98. The normalized spacial score (nSPS) is 13.2. The first-order valence-electron chi connectivity index (χ1n) is 4.34. The summed E-state index contributed by atoms with van der Waals surface area (Å²) in [6.07, 6.45) is 1.72. The van der Waals surface area contributed by atoms with E-state index in [1.807, 2.05) is 23.4 Å². The van der Waals surface area contributed by atoms with Crippen molar-refractivity contribution in [2.45, 2.75) is 12.7 Å². The number of aryl methyl sites for hydroxylation is 1. The second-order valence-corrected chi connectivity index (χ2v) is 4.24. The maximum Gasteiger partial charge on any atom is 0.142 e. The summed E-state index contributed by atoms with van der Waals surface area (Å²) in [7, 11) is 1.96. The summed E-state index contributed by atoms with van der Waals surface area (Å²) in [5.41, 5.74) is 5.51. The maximum atomic E-state index is 5.51. The molecule has 0 aliphatic heterocycles. The molecule has 1 aromatic rings. The Morgan fingerprint density at radius 1 is 1.69 bits per heavy atom. The standard InChI is InChI=1S/C8H16N4S/c1-7(3-9)4-13-5-8-11-10-6-12(8)2/h6-7H,3-5,9H2,1-2H3. The largest absolute Gasteiger partial charge is 0.330 e. The van der Waals surface area contributed by atoms with Gasteiger partial charge in [-0.15, -0.1) is 10.2 Å². The summed E-state index contributed by atoms with van der Waals surface area (Å²) >= 11 is 1.85. The molecule has 0 aromatic carbocycles. The van der Waals surface area contributed by atoms with Crippen molar-refractivity contribution in [1.29, 1.82) is 0 Å². The molecule has 1 atom stereocenters. The molecular formula is C8H16N4S. The molecule has 0 fully saturated rings. The molecule has 1 unspecified atom stereocenters. The van der Waals surface area contributed by atoms with Gasteiger partial charge in [-0.3, -0.25) is 0 Å². The van der Waals surface area contributed by atoms with Crippen molar-refractivity contribution in [3.05, 3.63) is 12.2 Å². The molecule has 0 saturated carbocycles. The van der Waals surface area contributed by atoms with E-state index in [0.29, 0.717) is 5.92 Å². The number of nitrogens with zero attached hydrogens (tertiary/aromatic N) is 3. The van der Waals surface area contributed by atoms with Crippen LogP contribution < -0.4 is 5.73 Å². The molecule has 0 radical (unpaired) electrons. The van der Waals surface area contributed by atoms with Gasteiger partial charge >= 0.3 is 0 Å². The molecule has 4 nitrogen and oxygen atoms in total. The lowest BCUT2D eigenvalue weighted by Crippen LogP contribution is -2.13. The number of thioether (sulfide) groups is 1. The van der Waals surface area contributed by atoms with Crippen molar-refractivity contribution in [2.24, 2.45) is 18.7 Å². The van der Waals surface area contributed by atoms with Crippen LogP contribution >= 0.6 is 11.8 Å². The van der Waals surface area contributed by atoms with Gasteiger partial charge in [-0.1, -0.05) is 6.92 Å². The van der Waals surface area contributed by atoms with E-state index < -0.39 is 0 Å². The number of hydrogen-bond acceptors (Lipinski definition) is 4. The lowest BCUT2D eigenvalue weighted by atomic mass is 10.2. The minimum atomic E-state index is 0.582. The smallest absolute Gasteiger partial charge is 0.142 e. The van der Waals surface area contributed by atoms with Crippen LogP contribution in [0.4, 0.5) is 0 Å². The third kappa shape index (κ3) is 3.36. The lowest BCUT2D eigenvalue weighted by Gasteiger charge is -2.06. The number of nitrogens with two attached hydrogens (primary N) is 1. The van der Waals surface area contributed by atoms with Crippen molar-refractivity contribution < 1.29 is 0 Å². The Morgan fingerprint density at radius 2 is 2.46 bits per heavy atom. The fourth-order valence-corrected chi connectivity index (χ4v) is 1.96. The van der Waals surface area contributed by atoms with E-state index in [9.17, 15) is 0 Å². The van der Waals surface area contributed by atoms with Gasteiger partial charge in [0.1, 0.15) is 12.2 Å². The van der Waals surface area contributed by atoms with Crippen LogP contribution in [-0.4, -0.2) is 27.1 Å². The lowest BCUT2D eigenvalue weighted by molar-refractivity contribution is 0.675. The van der Waals surface area contributed by atoms with Gasteiger partial charge in [-0.2, -0.15) is 11.8 Å². The summed E-state index contributed by atoms with van der Waals surface area (Å²) in [6.45, 7) is 2.91. The SMILES string of the molecule is CC(CN)CSCc1nncn1C. The zero-order valence-electron chi connectivity index (χ0n) is 8.10. The van der Waals surface area contributed by atoms with Crippen molar-refractivity contribution in [3.63, 3.8) is 0 Å². The highest BCUT2D eigenvalue weighted by Gasteiger charge is 2.03. The molecule has 0 bridgehead atoms. The summed E-state index contributed by atoms with van der Waals surface area (Å²) in [6, 6.07) is 0. The second-order valence-electron chi connectivity index (χ2n) is 3.21. The Hall–Kier alpha value is -0.550. The van der Waals surface area contributed by atoms with E-state index in [1.54, 1.807) is 6.33 Å². The second kappa shape index (κ2) is 5.24. The van der Waals surface area contributed by atoms with Gasteiger partial charge in [0.25, 0.3) is 0 Å². The van der Waals surface area contributed by atoms with Crippen LogP contribution in [0.15, 0.2) is 6.33 Å². The maximum absolute atomic E-state index is 5.51. The third-order valence-corrected chi connectivity index (χ3v) is 3.11. The molecule has 1 aromatic heterocycles. The highest BCUT2D eigenvalue weighted by Crippen LogP contribution is 2.12. The molecule has 2 N–H and O–H groups in total. The first-order chi connectivity index (χ1) is 6.24. The van der Waals surface area contributed by atoms with Crippen LogP contribution in [0.3, 0.4) is 0 Å². The number of hydrogen-bond donors (Lipinski definition) is 1.